The van der Waals surface area contributed by atoms with Gasteiger partial charge >= 0.3 is 6.18 Å². The van der Waals surface area contributed by atoms with Gasteiger partial charge < -0.3 is 20.4 Å². The fourth-order valence-electron chi connectivity index (χ4n) is 3.31. The molecule has 0 unspecified atom stereocenters. The Morgan fingerprint density at radius 2 is 1.62 bits per heavy atom. The molecule has 0 radical (unpaired) electrons. The monoisotopic (exact) mass is 413 g/mol. The lowest BCUT2D eigenvalue weighted by atomic mass is 10.1. The first-order valence-corrected chi connectivity index (χ1v) is 10.6. The number of unbranched alkanes of at least 4 members (excludes halogenated alkanes) is 1. The van der Waals surface area contributed by atoms with Crippen LogP contribution in [0.5, 0.6) is 0 Å². The van der Waals surface area contributed by atoms with Crippen molar-refractivity contribution in [3.05, 3.63) is 35.4 Å². The van der Waals surface area contributed by atoms with Crippen molar-refractivity contribution in [1.29, 1.82) is 0 Å². The Hall–Kier alpha value is -1.80. The van der Waals surface area contributed by atoms with Crippen LogP contribution in [0.2, 0.25) is 0 Å². The third-order valence-corrected chi connectivity index (χ3v) is 5.15. The highest BCUT2D eigenvalue weighted by Gasteiger charge is 2.29. The van der Waals surface area contributed by atoms with Crippen molar-refractivity contribution in [1.82, 2.24) is 20.4 Å². The van der Waals surface area contributed by atoms with Gasteiger partial charge in [-0.1, -0.05) is 19.1 Å². The van der Waals surface area contributed by atoms with Crippen molar-refractivity contribution in [2.24, 2.45) is 4.99 Å². The van der Waals surface area contributed by atoms with Crippen LogP contribution >= 0.6 is 0 Å². The number of guanidine groups is 1. The molecule has 0 saturated carbocycles. The van der Waals surface area contributed by atoms with Crippen LogP contribution < -0.4 is 10.6 Å². The zero-order valence-electron chi connectivity index (χ0n) is 17.6. The van der Waals surface area contributed by atoms with E-state index in [-0.39, 0.29) is 0 Å². The highest BCUT2D eigenvalue weighted by molar-refractivity contribution is 5.79. The van der Waals surface area contributed by atoms with E-state index in [1.807, 2.05) is 6.92 Å². The Morgan fingerprint density at radius 1 is 0.966 bits per heavy atom. The Kier molecular flexibility index (Phi) is 9.73. The molecule has 0 aliphatic carbocycles. The first kappa shape index (κ1) is 23.5. The zero-order chi connectivity index (χ0) is 21.1. The predicted octanol–water partition coefficient (Wildman–Crippen LogP) is 3.18. The molecule has 2 N–H and O–H groups in total. The molecule has 1 aliphatic heterocycles. The molecule has 0 amide bonds. The van der Waals surface area contributed by atoms with E-state index in [4.69, 9.17) is 0 Å². The average Bonchev–Trinajstić information content (AvgIpc) is 2.71. The van der Waals surface area contributed by atoms with E-state index in [0.29, 0.717) is 12.5 Å². The van der Waals surface area contributed by atoms with Gasteiger partial charge in [0.25, 0.3) is 0 Å². The van der Waals surface area contributed by atoms with Crippen LogP contribution in [0.3, 0.4) is 0 Å². The second-order valence-corrected chi connectivity index (χ2v) is 7.30. The smallest absolute Gasteiger partial charge is 0.357 e. The summed E-state index contributed by atoms with van der Waals surface area (Å²) in [7, 11) is 0. The molecule has 1 aliphatic rings. The van der Waals surface area contributed by atoms with E-state index in [1.165, 1.54) is 12.1 Å². The fourth-order valence-corrected chi connectivity index (χ4v) is 3.31. The van der Waals surface area contributed by atoms with Gasteiger partial charge in [0.2, 0.25) is 0 Å². The largest absolute Gasteiger partial charge is 0.416 e. The Balaban J connectivity index is 1.69. The molecule has 0 bridgehead atoms. The van der Waals surface area contributed by atoms with Crippen molar-refractivity contribution >= 4 is 5.96 Å². The number of hydrogen-bond acceptors (Lipinski definition) is 3. The van der Waals surface area contributed by atoms with Crippen molar-refractivity contribution in [2.45, 2.75) is 39.4 Å². The lowest BCUT2D eigenvalue weighted by Crippen LogP contribution is -2.46. The van der Waals surface area contributed by atoms with Gasteiger partial charge in [0.1, 0.15) is 0 Å². The van der Waals surface area contributed by atoms with Crippen LogP contribution in [0.15, 0.2) is 29.3 Å². The SMILES string of the molecule is CCNC(=NCc1ccc(C(F)(F)F)cc1)NCCCCN1CCN(CC)CC1. The second-order valence-electron chi connectivity index (χ2n) is 7.30. The minimum atomic E-state index is -4.30. The van der Waals surface area contributed by atoms with Crippen molar-refractivity contribution in [3.8, 4) is 0 Å². The van der Waals surface area contributed by atoms with Crippen LogP contribution in [-0.4, -0.2) is 68.1 Å². The molecule has 1 aromatic carbocycles. The number of piperazine rings is 1. The van der Waals surface area contributed by atoms with E-state index in [0.717, 1.165) is 82.9 Å². The van der Waals surface area contributed by atoms with E-state index >= 15 is 0 Å². The molecule has 164 valence electrons. The maximum Gasteiger partial charge on any atom is 0.416 e. The summed E-state index contributed by atoms with van der Waals surface area (Å²) >= 11 is 0. The van der Waals surface area contributed by atoms with Gasteiger partial charge in [-0.15, -0.1) is 0 Å². The van der Waals surface area contributed by atoms with Gasteiger partial charge in [0, 0.05) is 39.3 Å². The van der Waals surface area contributed by atoms with Crippen LogP contribution in [0.1, 0.15) is 37.8 Å². The van der Waals surface area contributed by atoms with Crippen LogP contribution in [0.25, 0.3) is 0 Å². The van der Waals surface area contributed by atoms with Gasteiger partial charge in [-0.05, 0) is 50.6 Å². The van der Waals surface area contributed by atoms with Crippen molar-refractivity contribution in [2.75, 3.05) is 52.4 Å². The summed E-state index contributed by atoms with van der Waals surface area (Å²) in [5.74, 6) is 0.698. The van der Waals surface area contributed by atoms with Crippen molar-refractivity contribution < 1.29 is 13.2 Å². The second kappa shape index (κ2) is 12.0. The molecule has 0 spiro atoms. The predicted molar refractivity (Wildman–Crippen MR) is 112 cm³/mol. The minimum absolute atomic E-state index is 0.342. The van der Waals surface area contributed by atoms with E-state index in [9.17, 15) is 13.2 Å². The average molecular weight is 414 g/mol. The summed E-state index contributed by atoms with van der Waals surface area (Å²) < 4.78 is 37.9. The molecule has 0 atom stereocenters. The number of aliphatic imine (C=N–C) groups is 1. The maximum absolute atomic E-state index is 12.6. The minimum Gasteiger partial charge on any atom is -0.357 e. The van der Waals surface area contributed by atoms with Gasteiger partial charge in [0.15, 0.2) is 5.96 Å². The number of alkyl halides is 3. The van der Waals surface area contributed by atoms with Crippen LogP contribution in [0, 0.1) is 0 Å². The van der Waals surface area contributed by atoms with E-state index < -0.39 is 11.7 Å². The maximum atomic E-state index is 12.6. The van der Waals surface area contributed by atoms with Crippen LogP contribution in [0.4, 0.5) is 13.2 Å². The molecule has 1 heterocycles. The number of benzene rings is 1. The summed E-state index contributed by atoms with van der Waals surface area (Å²) in [6.07, 6.45) is -2.11. The molecular weight excluding hydrogens is 379 g/mol. The molecule has 2 rings (SSSR count). The molecule has 8 heteroatoms. The summed E-state index contributed by atoms with van der Waals surface area (Å²) in [5, 5.41) is 6.50. The number of nitrogens with zero attached hydrogens (tertiary/aromatic N) is 3. The Labute approximate surface area is 172 Å². The standard InChI is InChI=1S/C21H34F3N5/c1-3-25-20(27-17-18-7-9-19(10-8-18)21(22,23)24)26-11-5-6-12-29-15-13-28(4-2)14-16-29/h7-10H,3-6,11-17H2,1-2H3,(H2,25,26,27). The quantitative estimate of drug-likeness (QED) is 0.371. The van der Waals surface area contributed by atoms with Crippen molar-refractivity contribution in [3.63, 3.8) is 0 Å². The molecule has 5 nitrogen and oxygen atoms in total. The normalized spacial score (nSPS) is 16.8. The number of nitrogens with one attached hydrogen (secondary N) is 2. The molecule has 29 heavy (non-hydrogen) atoms. The number of rotatable bonds is 9. The highest BCUT2D eigenvalue weighted by Crippen LogP contribution is 2.29. The number of halogens is 3. The summed E-state index contributed by atoms with van der Waals surface area (Å²) in [6, 6.07) is 5.17. The molecule has 1 saturated heterocycles. The Morgan fingerprint density at radius 3 is 2.21 bits per heavy atom. The third kappa shape index (κ3) is 8.62. The van der Waals surface area contributed by atoms with Gasteiger partial charge in [0.05, 0.1) is 12.1 Å². The van der Waals surface area contributed by atoms with E-state index in [1.54, 1.807) is 0 Å². The Bertz CT molecular complexity index is 608. The fraction of sp³-hybridized carbons (Fsp3) is 0.667. The lowest BCUT2D eigenvalue weighted by molar-refractivity contribution is -0.137. The van der Waals surface area contributed by atoms with Gasteiger partial charge in [-0.2, -0.15) is 13.2 Å². The molecule has 1 fully saturated rings. The summed E-state index contributed by atoms with van der Waals surface area (Å²) in [5.41, 5.74) is 0.118. The van der Waals surface area contributed by atoms with E-state index in [2.05, 4.69) is 32.3 Å². The molecule has 1 aromatic rings. The van der Waals surface area contributed by atoms with Gasteiger partial charge in [-0.25, -0.2) is 4.99 Å². The first-order valence-electron chi connectivity index (χ1n) is 10.6. The topological polar surface area (TPSA) is 42.9 Å². The summed E-state index contributed by atoms with van der Waals surface area (Å²) in [6.45, 7) is 13.0. The third-order valence-electron chi connectivity index (χ3n) is 5.15. The first-order chi connectivity index (χ1) is 13.9. The lowest BCUT2D eigenvalue weighted by Gasteiger charge is -2.34. The summed E-state index contributed by atoms with van der Waals surface area (Å²) in [4.78, 5) is 9.48. The van der Waals surface area contributed by atoms with Crippen LogP contribution in [-0.2, 0) is 12.7 Å². The molecule has 0 aromatic heterocycles. The highest BCUT2D eigenvalue weighted by atomic mass is 19.4. The number of likely N-dealkylation sites (N-methyl/N-ethyl adjacent to an activating group) is 1. The van der Waals surface area contributed by atoms with Gasteiger partial charge in [-0.3, -0.25) is 0 Å². The molecular formula is C21H34F3N5. The number of hydrogen-bond donors (Lipinski definition) is 2. The zero-order valence-corrected chi connectivity index (χ0v) is 17.6.